The zero-order chi connectivity index (χ0) is 9.83. The van der Waals surface area contributed by atoms with Gasteiger partial charge in [0.15, 0.2) is 0 Å². The Balaban J connectivity index is 4.14. The van der Waals surface area contributed by atoms with Gasteiger partial charge in [-0.1, -0.05) is 34.6 Å². The first kappa shape index (κ1) is 12.0. The van der Waals surface area contributed by atoms with Gasteiger partial charge in [-0.3, -0.25) is 0 Å². The van der Waals surface area contributed by atoms with Crippen molar-refractivity contribution in [3.63, 3.8) is 0 Å². The molecule has 0 bridgehead atoms. The van der Waals surface area contributed by atoms with E-state index in [9.17, 15) is 0 Å². The van der Waals surface area contributed by atoms with Gasteiger partial charge in [0.2, 0.25) is 0 Å². The van der Waals surface area contributed by atoms with Gasteiger partial charge in [-0.25, -0.2) is 0 Å². The number of rotatable bonds is 4. The lowest BCUT2D eigenvalue weighted by Gasteiger charge is -2.35. The summed E-state index contributed by atoms with van der Waals surface area (Å²) in [4.78, 5) is 0. The Morgan fingerprint density at radius 3 is 1.75 bits per heavy atom. The van der Waals surface area contributed by atoms with Gasteiger partial charge >= 0.3 is 0 Å². The fraction of sp³-hybridized carbons (Fsp3) is 1.00. The third-order valence-corrected chi connectivity index (χ3v) is 2.30. The minimum Gasteiger partial charge on any atom is -0.312 e. The zero-order valence-corrected chi connectivity index (χ0v) is 9.62. The molecule has 1 nitrogen and oxygen atoms in total. The molecule has 0 aliphatic rings. The van der Waals surface area contributed by atoms with Gasteiger partial charge in [-0.05, 0) is 31.7 Å². The molecule has 0 rings (SSSR count). The number of nitrogens with one attached hydrogen (secondary N) is 1. The minimum atomic E-state index is 0.326. The zero-order valence-electron chi connectivity index (χ0n) is 9.62. The van der Waals surface area contributed by atoms with E-state index < -0.39 is 0 Å². The molecule has 0 aliphatic carbocycles. The third-order valence-electron chi connectivity index (χ3n) is 2.30. The van der Waals surface area contributed by atoms with Crippen LogP contribution in [0.2, 0.25) is 0 Å². The molecule has 1 N–H and O–H groups in total. The molecule has 0 radical (unpaired) electrons. The van der Waals surface area contributed by atoms with Crippen LogP contribution in [0.25, 0.3) is 0 Å². The van der Waals surface area contributed by atoms with E-state index in [4.69, 9.17) is 0 Å². The van der Waals surface area contributed by atoms with E-state index in [2.05, 4.69) is 46.9 Å². The normalized spacial score (nSPS) is 17.5. The maximum atomic E-state index is 3.57. The Kier molecular flexibility index (Phi) is 4.25. The lowest BCUT2D eigenvalue weighted by molar-refractivity contribution is 0.222. The molecular weight excluding hydrogens is 146 g/mol. The van der Waals surface area contributed by atoms with Crippen molar-refractivity contribution in [3.05, 3.63) is 0 Å². The van der Waals surface area contributed by atoms with E-state index in [1.54, 1.807) is 0 Å². The van der Waals surface area contributed by atoms with E-state index in [1.807, 2.05) is 0 Å². The number of hydrogen-bond acceptors (Lipinski definition) is 1. The third kappa shape index (κ3) is 4.76. The van der Waals surface area contributed by atoms with Crippen molar-refractivity contribution in [3.8, 4) is 0 Å². The molecule has 1 atom stereocenters. The van der Waals surface area contributed by atoms with Crippen molar-refractivity contribution in [1.29, 1.82) is 0 Å². The van der Waals surface area contributed by atoms with Crippen molar-refractivity contribution in [1.82, 2.24) is 5.32 Å². The molecule has 74 valence electrons. The van der Waals surface area contributed by atoms with Crippen LogP contribution in [0.1, 0.15) is 54.4 Å². The largest absolute Gasteiger partial charge is 0.312 e. The Bertz CT molecular complexity index is 123. The molecule has 0 aliphatic heterocycles. The first-order chi connectivity index (χ1) is 5.33. The fourth-order valence-corrected chi connectivity index (χ4v) is 1.91. The van der Waals surface area contributed by atoms with Crippen LogP contribution in [0.4, 0.5) is 0 Å². The highest BCUT2D eigenvalue weighted by Gasteiger charge is 2.26. The van der Waals surface area contributed by atoms with Crippen LogP contribution in [0, 0.1) is 5.41 Å². The van der Waals surface area contributed by atoms with Crippen LogP contribution >= 0.6 is 0 Å². The topological polar surface area (TPSA) is 12.0 Å². The molecule has 0 spiro atoms. The SMILES string of the molecule is CCNC(C)(CC)CC(C)(C)C. The predicted octanol–water partition coefficient (Wildman–Crippen LogP) is 3.20. The molecule has 1 heteroatoms. The van der Waals surface area contributed by atoms with Crippen LogP contribution in [0.3, 0.4) is 0 Å². The summed E-state index contributed by atoms with van der Waals surface area (Å²) in [5.74, 6) is 0. The summed E-state index contributed by atoms with van der Waals surface area (Å²) >= 11 is 0. The van der Waals surface area contributed by atoms with E-state index >= 15 is 0 Å². The highest BCUT2D eigenvalue weighted by atomic mass is 15.0. The maximum Gasteiger partial charge on any atom is 0.0155 e. The van der Waals surface area contributed by atoms with Crippen LogP contribution in [-0.2, 0) is 0 Å². The lowest BCUT2D eigenvalue weighted by atomic mass is 9.79. The molecule has 0 heterocycles. The smallest absolute Gasteiger partial charge is 0.0155 e. The van der Waals surface area contributed by atoms with Gasteiger partial charge in [0, 0.05) is 5.54 Å². The minimum absolute atomic E-state index is 0.326. The van der Waals surface area contributed by atoms with Crippen molar-refractivity contribution >= 4 is 0 Å². The molecule has 0 aromatic heterocycles. The summed E-state index contributed by atoms with van der Waals surface area (Å²) < 4.78 is 0. The Morgan fingerprint density at radius 1 is 1.00 bits per heavy atom. The molecule has 0 saturated heterocycles. The van der Waals surface area contributed by atoms with Crippen LogP contribution < -0.4 is 5.32 Å². The molecule has 0 fully saturated rings. The van der Waals surface area contributed by atoms with Crippen LogP contribution in [-0.4, -0.2) is 12.1 Å². The van der Waals surface area contributed by atoms with Gasteiger partial charge in [-0.2, -0.15) is 0 Å². The first-order valence-electron chi connectivity index (χ1n) is 5.08. The summed E-state index contributed by atoms with van der Waals surface area (Å²) in [6.45, 7) is 14.7. The quantitative estimate of drug-likeness (QED) is 0.685. The molecule has 0 aromatic carbocycles. The van der Waals surface area contributed by atoms with Crippen LogP contribution in [0.5, 0.6) is 0 Å². The second kappa shape index (κ2) is 4.27. The second-order valence-electron chi connectivity index (χ2n) is 5.18. The van der Waals surface area contributed by atoms with E-state index in [-0.39, 0.29) is 0 Å². The van der Waals surface area contributed by atoms with Crippen molar-refractivity contribution < 1.29 is 0 Å². The number of hydrogen-bond donors (Lipinski definition) is 1. The molecule has 0 amide bonds. The van der Waals surface area contributed by atoms with E-state index in [0.717, 1.165) is 6.54 Å². The Morgan fingerprint density at radius 2 is 1.50 bits per heavy atom. The van der Waals surface area contributed by atoms with Crippen molar-refractivity contribution in [2.24, 2.45) is 5.41 Å². The monoisotopic (exact) mass is 171 g/mol. The Labute approximate surface area is 77.9 Å². The van der Waals surface area contributed by atoms with Crippen molar-refractivity contribution in [2.75, 3.05) is 6.54 Å². The van der Waals surface area contributed by atoms with Gasteiger partial charge in [-0.15, -0.1) is 0 Å². The average molecular weight is 171 g/mol. The van der Waals surface area contributed by atoms with Crippen molar-refractivity contribution in [2.45, 2.75) is 59.9 Å². The lowest BCUT2D eigenvalue weighted by Crippen LogP contribution is -2.44. The summed E-state index contributed by atoms with van der Waals surface area (Å²) in [7, 11) is 0. The molecule has 1 unspecified atom stereocenters. The Hall–Kier alpha value is -0.0400. The summed E-state index contributed by atoms with van der Waals surface area (Å²) in [6.07, 6.45) is 2.45. The second-order valence-corrected chi connectivity index (χ2v) is 5.18. The van der Waals surface area contributed by atoms with Gasteiger partial charge < -0.3 is 5.32 Å². The van der Waals surface area contributed by atoms with Crippen LogP contribution in [0.15, 0.2) is 0 Å². The van der Waals surface area contributed by atoms with Gasteiger partial charge in [0.1, 0.15) is 0 Å². The molecule has 0 saturated carbocycles. The van der Waals surface area contributed by atoms with Gasteiger partial charge in [0.05, 0.1) is 0 Å². The first-order valence-corrected chi connectivity index (χ1v) is 5.08. The average Bonchev–Trinajstić information content (AvgIpc) is 1.84. The fourth-order valence-electron chi connectivity index (χ4n) is 1.91. The molecular formula is C11H25N. The maximum absolute atomic E-state index is 3.57. The summed E-state index contributed by atoms with van der Waals surface area (Å²) in [5, 5.41) is 3.57. The summed E-state index contributed by atoms with van der Waals surface area (Å²) in [6, 6.07) is 0. The summed E-state index contributed by atoms with van der Waals surface area (Å²) in [5.41, 5.74) is 0.750. The van der Waals surface area contributed by atoms with Gasteiger partial charge in [0.25, 0.3) is 0 Å². The standard InChI is InChI=1S/C11H25N/c1-7-11(6,12-8-2)9-10(3,4)5/h12H,7-9H2,1-6H3. The highest BCUT2D eigenvalue weighted by molar-refractivity contribution is 4.85. The highest BCUT2D eigenvalue weighted by Crippen LogP contribution is 2.28. The van der Waals surface area contributed by atoms with E-state index in [1.165, 1.54) is 12.8 Å². The molecule has 12 heavy (non-hydrogen) atoms. The predicted molar refractivity (Wildman–Crippen MR) is 56.4 cm³/mol. The molecule has 0 aromatic rings. The van der Waals surface area contributed by atoms with E-state index in [0.29, 0.717) is 11.0 Å².